The van der Waals surface area contributed by atoms with Gasteiger partial charge in [-0.3, -0.25) is 38.8 Å². The second-order valence-corrected chi connectivity index (χ2v) is 16.0. The number of ketones is 4. The Morgan fingerprint density at radius 3 is 1.69 bits per heavy atom. The molecule has 0 aliphatic heterocycles. The Balaban J connectivity index is 2.19. The van der Waals surface area contributed by atoms with Gasteiger partial charge in [-0.2, -0.15) is 0 Å². The van der Waals surface area contributed by atoms with Gasteiger partial charge in [0, 0.05) is 69.5 Å². The van der Waals surface area contributed by atoms with Gasteiger partial charge in [0.15, 0.2) is 23.5 Å². The third-order valence-corrected chi connectivity index (χ3v) is 10.6. The van der Waals surface area contributed by atoms with Crippen LogP contribution in [0.15, 0.2) is 70.6 Å². The number of benzene rings is 2. The summed E-state index contributed by atoms with van der Waals surface area (Å²) in [6.07, 6.45) is 5.94. The highest BCUT2D eigenvalue weighted by molar-refractivity contribution is 5.95. The number of nitrogens with zero attached hydrogens (tertiary/aromatic N) is 2. The molecule has 2 rings (SSSR count). The van der Waals surface area contributed by atoms with Crippen molar-refractivity contribution in [2.45, 2.75) is 122 Å². The van der Waals surface area contributed by atoms with Crippen molar-refractivity contribution in [1.29, 1.82) is 0 Å². The summed E-state index contributed by atoms with van der Waals surface area (Å²) < 4.78 is 0. The summed E-state index contributed by atoms with van der Waals surface area (Å²) in [7, 11) is 1.69. The molecule has 2 aromatic rings. The van der Waals surface area contributed by atoms with Gasteiger partial charge in [-0.25, -0.2) is 0 Å². The molecule has 336 valence electrons. The molecule has 4 atom stereocenters. The number of carbonyl (C=O) groups is 6. The lowest BCUT2D eigenvalue weighted by Gasteiger charge is -2.25. The quantitative estimate of drug-likeness (QED) is 0.0311. The van der Waals surface area contributed by atoms with E-state index in [0.717, 1.165) is 17.5 Å². The zero-order valence-electron chi connectivity index (χ0n) is 36.5. The summed E-state index contributed by atoms with van der Waals surface area (Å²) >= 11 is 0. The van der Waals surface area contributed by atoms with E-state index in [9.17, 15) is 28.8 Å². The molecule has 2 amide bonds. The van der Waals surface area contributed by atoms with Crippen LogP contribution in [-0.2, 0) is 41.6 Å². The van der Waals surface area contributed by atoms with Gasteiger partial charge in [-0.1, -0.05) is 80.9 Å². The molecular weight excluding hydrogens is 775 g/mol. The molecule has 0 spiro atoms. The van der Waals surface area contributed by atoms with E-state index < -0.39 is 29.8 Å². The van der Waals surface area contributed by atoms with Crippen LogP contribution in [0.3, 0.4) is 0 Å². The first-order valence-corrected chi connectivity index (χ1v) is 21.7. The average molecular weight is 846 g/mol. The Morgan fingerprint density at radius 2 is 1.11 bits per heavy atom. The van der Waals surface area contributed by atoms with Crippen molar-refractivity contribution >= 4 is 46.9 Å². The Hall–Kier alpha value is -5.44. The fraction of sp³-hybridized carbons (Fsp3) is 0.565. The predicted molar refractivity (Wildman–Crippen MR) is 241 cm³/mol. The number of guanidine groups is 2. The third kappa shape index (κ3) is 22.7. The highest BCUT2D eigenvalue weighted by Gasteiger charge is 2.32. The smallest absolute Gasteiger partial charge is 0.224 e. The fourth-order valence-corrected chi connectivity index (χ4v) is 7.01. The van der Waals surface area contributed by atoms with E-state index in [4.69, 9.17) is 22.9 Å². The van der Waals surface area contributed by atoms with Crippen LogP contribution in [0.2, 0.25) is 0 Å². The molecule has 11 N–H and O–H groups in total. The number of Topliss-reactive ketones (excluding diaryl/α,β-unsaturated/α-hetero) is 4. The molecule has 0 saturated carbocycles. The molecule has 0 aromatic heterocycles. The maximum atomic E-state index is 14.3. The van der Waals surface area contributed by atoms with Crippen LogP contribution >= 0.6 is 0 Å². The van der Waals surface area contributed by atoms with E-state index in [1.54, 1.807) is 7.05 Å². The van der Waals surface area contributed by atoms with Crippen LogP contribution in [0.1, 0.15) is 108 Å². The zero-order valence-corrected chi connectivity index (χ0v) is 36.5. The minimum absolute atomic E-state index is 0.0226. The van der Waals surface area contributed by atoms with Gasteiger partial charge in [0.1, 0.15) is 11.6 Å². The van der Waals surface area contributed by atoms with Gasteiger partial charge in [0.25, 0.3) is 0 Å². The maximum Gasteiger partial charge on any atom is 0.224 e. The molecule has 0 bridgehead atoms. The number of likely N-dealkylation sites (N-methyl/N-ethyl adjacent to an activating group) is 1. The lowest BCUT2D eigenvalue weighted by atomic mass is 9.88. The Morgan fingerprint density at radius 1 is 0.574 bits per heavy atom. The first-order valence-electron chi connectivity index (χ1n) is 21.7. The van der Waals surface area contributed by atoms with Crippen LogP contribution in [0.25, 0.3) is 0 Å². The van der Waals surface area contributed by atoms with Crippen molar-refractivity contribution in [3.63, 3.8) is 0 Å². The van der Waals surface area contributed by atoms with E-state index in [1.165, 1.54) is 0 Å². The number of aliphatic imine (C=N–C) groups is 2. The molecule has 15 heteroatoms. The number of amides is 2. The second kappa shape index (κ2) is 29.7. The van der Waals surface area contributed by atoms with Crippen LogP contribution in [-0.4, -0.2) is 85.6 Å². The monoisotopic (exact) mass is 846 g/mol. The minimum Gasteiger partial charge on any atom is -0.370 e. The standard InChI is InChI=1S/C46H71N9O6/c1-32(2)40(57)24-13-22-37(56)21-11-6-12-25-52-43(60)35(20-14-26-53-45(47)48)30-42(59)39(29-34-18-9-5-10-19-34)55-44(61)36(28-33-16-7-4-8-17-33)31-41(58)38(51-3)23-15-27-54-46(49)50/h4-5,7-10,16-19,32,35-36,38-39,51H,6,11-15,20-31H2,1-3H3,(H,52,60)(H,55,61)(H4,47,48,53)(H4,49,50,54). The van der Waals surface area contributed by atoms with Gasteiger partial charge >= 0.3 is 0 Å². The van der Waals surface area contributed by atoms with Crippen LogP contribution in [0.5, 0.6) is 0 Å². The minimum atomic E-state index is -0.975. The van der Waals surface area contributed by atoms with Crippen LogP contribution in [0, 0.1) is 17.8 Å². The third-order valence-electron chi connectivity index (χ3n) is 10.6. The number of nitrogens with two attached hydrogens (primary N) is 4. The lowest BCUT2D eigenvalue weighted by molar-refractivity contribution is -0.134. The number of nitrogens with one attached hydrogen (secondary N) is 3. The molecular formula is C46H71N9O6. The number of carbonyl (C=O) groups excluding carboxylic acids is 6. The van der Waals surface area contributed by atoms with Crippen molar-refractivity contribution in [3.05, 3.63) is 71.8 Å². The Bertz CT molecular complexity index is 1710. The second-order valence-electron chi connectivity index (χ2n) is 16.0. The molecule has 15 nitrogen and oxygen atoms in total. The number of rotatable bonds is 33. The highest BCUT2D eigenvalue weighted by atomic mass is 16.2. The summed E-state index contributed by atoms with van der Waals surface area (Å²) in [5, 5.41) is 9.03. The lowest BCUT2D eigenvalue weighted by Crippen LogP contribution is -2.47. The van der Waals surface area contributed by atoms with Crippen LogP contribution < -0.4 is 38.9 Å². The highest BCUT2D eigenvalue weighted by Crippen LogP contribution is 2.20. The van der Waals surface area contributed by atoms with Gasteiger partial charge in [0.2, 0.25) is 11.8 Å². The molecule has 4 unspecified atom stereocenters. The summed E-state index contributed by atoms with van der Waals surface area (Å²) in [6, 6.07) is 17.2. The fourth-order valence-electron chi connectivity index (χ4n) is 7.01. The topological polar surface area (TPSA) is 267 Å². The van der Waals surface area contributed by atoms with Crippen molar-refractivity contribution in [2.75, 3.05) is 26.7 Å². The predicted octanol–water partition coefficient (Wildman–Crippen LogP) is 3.44. The average Bonchev–Trinajstić information content (AvgIpc) is 3.22. The van der Waals surface area contributed by atoms with E-state index in [2.05, 4.69) is 25.9 Å². The number of unbranched alkanes of at least 4 members (excludes halogenated alkanes) is 2. The van der Waals surface area contributed by atoms with Crippen LogP contribution in [0.4, 0.5) is 0 Å². The summed E-state index contributed by atoms with van der Waals surface area (Å²) in [5.41, 5.74) is 23.7. The normalized spacial score (nSPS) is 13.0. The number of hydrogen-bond acceptors (Lipinski definition) is 9. The van der Waals surface area contributed by atoms with Crippen molar-refractivity contribution in [3.8, 4) is 0 Å². The Labute approximate surface area is 362 Å². The molecule has 0 aliphatic carbocycles. The molecule has 0 saturated heterocycles. The first-order chi connectivity index (χ1) is 29.2. The molecule has 0 fully saturated rings. The number of hydrogen-bond donors (Lipinski definition) is 7. The van der Waals surface area contributed by atoms with Crippen molar-refractivity contribution in [2.24, 2.45) is 50.7 Å². The summed E-state index contributed by atoms with van der Waals surface area (Å²) in [5.74, 6) is -2.50. The van der Waals surface area contributed by atoms with E-state index in [0.29, 0.717) is 77.3 Å². The largest absolute Gasteiger partial charge is 0.370 e. The van der Waals surface area contributed by atoms with E-state index in [-0.39, 0.29) is 79.1 Å². The van der Waals surface area contributed by atoms with Crippen molar-refractivity contribution < 1.29 is 28.8 Å². The Kier molecular flexibility index (Phi) is 25.2. The van der Waals surface area contributed by atoms with Gasteiger partial charge in [-0.15, -0.1) is 0 Å². The molecule has 0 aliphatic rings. The summed E-state index contributed by atoms with van der Waals surface area (Å²) in [4.78, 5) is 88.1. The zero-order chi connectivity index (χ0) is 45.0. The van der Waals surface area contributed by atoms with Crippen molar-refractivity contribution in [1.82, 2.24) is 16.0 Å². The maximum absolute atomic E-state index is 14.3. The molecule has 2 aromatic carbocycles. The van der Waals surface area contributed by atoms with E-state index in [1.807, 2.05) is 74.5 Å². The first kappa shape index (κ1) is 51.7. The SMILES string of the molecule is CNC(CCCN=C(N)N)C(=O)CC(Cc1ccccc1)C(=O)NC(Cc1ccccc1)C(=O)CC(CCCN=C(N)N)C(=O)NCCCCCC(=O)CCCC(=O)C(C)C. The summed E-state index contributed by atoms with van der Waals surface area (Å²) in [6.45, 7) is 4.73. The molecule has 0 radical (unpaired) electrons. The van der Waals surface area contributed by atoms with E-state index >= 15 is 0 Å². The molecule has 61 heavy (non-hydrogen) atoms. The molecule has 0 heterocycles. The van der Waals surface area contributed by atoms with Gasteiger partial charge in [0.05, 0.1) is 12.1 Å². The van der Waals surface area contributed by atoms with Gasteiger partial charge < -0.3 is 38.9 Å². The van der Waals surface area contributed by atoms with Gasteiger partial charge in [-0.05, 0) is 76.0 Å².